The lowest BCUT2D eigenvalue weighted by Crippen LogP contribution is -2.39. The number of anilines is 2. The number of para-hydroxylation sites is 1. The summed E-state index contributed by atoms with van der Waals surface area (Å²) in [5.74, 6) is 1.30. The van der Waals surface area contributed by atoms with E-state index in [9.17, 15) is 9.59 Å². The van der Waals surface area contributed by atoms with Crippen molar-refractivity contribution in [3.05, 3.63) is 48.5 Å². The first-order valence-corrected chi connectivity index (χ1v) is 9.22. The fraction of sp³-hybridized carbons (Fsp3) is 0.333. The van der Waals surface area contributed by atoms with Crippen LogP contribution in [-0.2, 0) is 9.59 Å². The number of ether oxygens (including phenoxy) is 2. The van der Waals surface area contributed by atoms with E-state index < -0.39 is 0 Å². The molecule has 1 heterocycles. The van der Waals surface area contributed by atoms with Gasteiger partial charge in [0.05, 0.1) is 12.3 Å². The van der Waals surface area contributed by atoms with E-state index in [1.807, 2.05) is 43.3 Å². The quantitative estimate of drug-likeness (QED) is 0.723. The molecule has 2 aromatic rings. The first kappa shape index (κ1) is 18.8. The molecule has 0 spiro atoms. The summed E-state index contributed by atoms with van der Waals surface area (Å²) >= 11 is 0. The summed E-state index contributed by atoms with van der Waals surface area (Å²) in [7, 11) is 0. The van der Waals surface area contributed by atoms with Crippen LogP contribution in [0.1, 0.15) is 26.2 Å². The zero-order valence-corrected chi connectivity index (χ0v) is 15.4. The minimum atomic E-state index is -0.0797. The Morgan fingerprint density at radius 2 is 2.04 bits per heavy atom. The van der Waals surface area contributed by atoms with E-state index in [2.05, 4.69) is 5.32 Å². The Balaban J connectivity index is 1.50. The van der Waals surface area contributed by atoms with Crippen LogP contribution in [0, 0.1) is 0 Å². The van der Waals surface area contributed by atoms with Gasteiger partial charge in [-0.3, -0.25) is 9.59 Å². The molecule has 0 aromatic heterocycles. The van der Waals surface area contributed by atoms with Gasteiger partial charge in [0.1, 0.15) is 11.5 Å². The van der Waals surface area contributed by atoms with Crippen molar-refractivity contribution in [2.75, 3.05) is 30.0 Å². The molecule has 0 saturated heterocycles. The van der Waals surface area contributed by atoms with Gasteiger partial charge in [0.2, 0.25) is 5.91 Å². The van der Waals surface area contributed by atoms with E-state index >= 15 is 0 Å². The standard InChI is InChI=1S/C21H24N2O4/c1-2-12-23-18-11-10-16(14-19(18)27-15-21(23)25)22-20(24)9-6-13-26-17-7-4-3-5-8-17/h3-5,7-8,10-11,14H,2,6,9,12-13,15H2,1H3,(H,22,24). The van der Waals surface area contributed by atoms with Crippen molar-refractivity contribution in [2.45, 2.75) is 26.2 Å². The molecule has 6 nitrogen and oxygen atoms in total. The summed E-state index contributed by atoms with van der Waals surface area (Å²) in [5.41, 5.74) is 1.41. The molecular formula is C21H24N2O4. The Labute approximate surface area is 159 Å². The first-order valence-electron chi connectivity index (χ1n) is 9.22. The van der Waals surface area contributed by atoms with Crippen molar-refractivity contribution in [3.8, 4) is 11.5 Å². The molecule has 0 saturated carbocycles. The molecular weight excluding hydrogens is 344 g/mol. The average Bonchev–Trinajstić information content (AvgIpc) is 2.68. The molecule has 2 aromatic carbocycles. The molecule has 3 rings (SSSR count). The number of amides is 2. The van der Waals surface area contributed by atoms with Crippen molar-refractivity contribution in [1.82, 2.24) is 0 Å². The zero-order valence-electron chi connectivity index (χ0n) is 15.4. The van der Waals surface area contributed by atoms with Crippen molar-refractivity contribution >= 4 is 23.2 Å². The van der Waals surface area contributed by atoms with Crippen LogP contribution in [-0.4, -0.2) is 31.6 Å². The Morgan fingerprint density at radius 1 is 1.22 bits per heavy atom. The average molecular weight is 368 g/mol. The summed E-state index contributed by atoms with van der Waals surface area (Å²) in [6.45, 7) is 3.20. The smallest absolute Gasteiger partial charge is 0.265 e. The maximum Gasteiger partial charge on any atom is 0.265 e. The van der Waals surface area contributed by atoms with Crippen LogP contribution in [0.3, 0.4) is 0 Å². The minimum absolute atomic E-state index is 0.0290. The van der Waals surface area contributed by atoms with Crippen LogP contribution < -0.4 is 19.7 Å². The molecule has 0 atom stereocenters. The molecule has 0 fully saturated rings. The second-order valence-electron chi connectivity index (χ2n) is 6.33. The third kappa shape index (κ3) is 5.00. The number of benzene rings is 2. The summed E-state index contributed by atoms with van der Waals surface area (Å²) in [6.07, 6.45) is 1.86. The number of hydrogen-bond donors (Lipinski definition) is 1. The third-order valence-electron chi connectivity index (χ3n) is 4.19. The molecule has 0 bridgehead atoms. The van der Waals surface area contributed by atoms with Crippen molar-refractivity contribution < 1.29 is 19.1 Å². The van der Waals surface area contributed by atoms with E-state index in [4.69, 9.17) is 9.47 Å². The molecule has 142 valence electrons. The molecule has 1 aliphatic heterocycles. The highest BCUT2D eigenvalue weighted by Gasteiger charge is 2.25. The second-order valence-corrected chi connectivity index (χ2v) is 6.33. The van der Waals surface area contributed by atoms with E-state index in [-0.39, 0.29) is 18.4 Å². The van der Waals surface area contributed by atoms with Crippen molar-refractivity contribution in [2.24, 2.45) is 0 Å². The van der Waals surface area contributed by atoms with Crippen LogP contribution >= 0.6 is 0 Å². The lowest BCUT2D eigenvalue weighted by molar-refractivity contribution is -0.121. The second kappa shape index (κ2) is 9.07. The van der Waals surface area contributed by atoms with Crippen LogP contribution in [0.5, 0.6) is 11.5 Å². The largest absolute Gasteiger partial charge is 0.494 e. The fourth-order valence-electron chi connectivity index (χ4n) is 2.91. The highest BCUT2D eigenvalue weighted by Crippen LogP contribution is 2.34. The zero-order chi connectivity index (χ0) is 19.1. The Hall–Kier alpha value is -3.02. The van der Waals surface area contributed by atoms with Gasteiger partial charge < -0.3 is 19.7 Å². The van der Waals surface area contributed by atoms with Crippen LogP contribution in [0.15, 0.2) is 48.5 Å². The molecule has 1 aliphatic rings. The van der Waals surface area contributed by atoms with Gasteiger partial charge in [-0.1, -0.05) is 25.1 Å². The van der Waals surface area contributed by atoms with Gasteiger partial charge in [-0.15, -0.1) is 0 Å². The molecule has 0 radical (unpaired) electrons. The Kier molecular flexibility index (Phi) is 6.30. The van der Waals surface area contributed by atoms with Gasteiger partial charge in [-0.25, -0.2) is 0 Å². The number of nitrogens with zero attached hydrogens (tertiary/aromatic N) is 1. The third-order valence-corrected chi connectivity index (χ3v) is 4.19. The minimum Gasteiger partial charge on any atom is -0.494 e. The molecule has 1 N–H and O–H groups in total. The fourth-order valence-corrected chi connectivity index (χ4v) is 2.91. The molecule has 2 amide bonds. The lowest BCUT2D eigenvalue weighted by Gasteiger charge is -2.29. The monoisotopic (exact) mass is 368 g/mol. The first-order chi connectivity index (χ1) is 13.2. The molecule has 6 heteroatoms. The van der Waals surface area contributed by atoms with Crippen LogP contribution in [0.4, 0.5) is 11.4 Å². The van der Waals surface area contributed by atoms with Crippen LogP contribution in [0.25, 0.3) is 0 Å². The van der Waals surface area contributed by atoms with Gasteiger partial charge in [0, 0.05) is 24.7 Å². The van der Waals surface area contributed by atoms with E-state index in [0.29, 0.717) is 37.4 Å². The van der Waals surface area contributed by atoms with Crippen molar-refractivity contribution in [1.29, 1.82) is 0 Å². The summed E-state index contributed by atoms with van der Waals surface area (Å²) < 4.78 is 11.1. The van der Waals surface area contributed by atoms with E-state index in [1.54, 1.807) is 17.0 Å². The lowest BCUT2D eigenvalue weighted by atomic mass is 10.2. The predicted molar refractivity (Wildman–Crippen MR) is 104 cm³/mol. The van der Waals surface area contributed by atoms with E-state index in [1.165, 1.54) is 0 Å². The van der Waals surface area contributed by atoms with Gasteiger partial charge >= 0.3 is 0 Å². The number of hydrogen-bond acceptors (Lipinski definition) is 4. The van der Waals surface area contributed by atoms with Gasteiger partial charge in [-0.05, 0) is 37.1 Å². The van der Waals surface area contributed by atoms with E-state index in [0.717, 1.165) is 17.9 Å². The summed E-state index contributed by atoms with van der Waals surface area (Å²) in [5, 5.41) is 2.87. The summed E-state index contributed by atoms with van der Waals surface area (Å²) in [6, 6.07) is 14.9. The Bertz CT molecular complexity index is 792. The maximum absolute atomic E-state index is 12.1. The predicted octanol–water partition coefficient (Wildman–Crippen LogP) is 3.62. The molecule has 0 aliphatic carbocycles. The number of carbonyl (C=O) groups excluding carboxylic acids is 2. The summed E-state index contributed by atoms with van der Waals surface area (Å²) in [4.78, 5) is 25.8. The number of carbonyl (C=O) groups is 2. The highest BCUT2D eigenvalue weighted by molar-refractivity contribution is 5.99. The number of nitrogens with one attached hydrogen (secondary N) is 1. The van der Waals surface area contributed by atoms with Gasteiger partial charge in [0.25, 0.3) is 5.91 Å². The van der Waals surface area contributed by atoms with Crippen LogP contribution in [0.2, 0.25) is 0 Å². The molecule has 27 heavy (non-hydrogen) atoms. The normalized spacial score (nSPS) is 12.9. The van der Waals surface area contributed by atoms with Gasteiger partial charge in [0.15, 0.2) is 6.61 Å². The van der Waals surface area contributed by atoms with Crippen molar-refractivity contribution in [3.63, 3.8) is 0 Å². The SMILES string of the molecule is CCCN1C(=O)COc2cc(NC(=O)CCCOc3ccccc3)ccc21. The topological polar surface area (TPSA) is 67.9 Å². The number of fused-ring (bicyclic) bond motifs is 1. The highest BCUT2D eigenvalue weighted by atomic mass is 16.5. The Morgan fingerprint density at radius 3 is 2.81 bits per heavy atom. The maximum atomic E-state index is 12.1. The molecule has 0 unspecified atom stereocenters. The number of rotatable bonds is 8. The van der Waals surface area contributed by atoms with Gasteiger partial charge in [-0.2, -0.15) is 0 Å².